The molecule has 2 heteroatoms. The zero-order valence-corrected chi connectivity index (χ0v) is 7.22. The number of nitrogens with zero attached hydrogens (tertiary/aromatic N) is 2. The van der Waals surface area contributed by atoms with E-state index in [-0.39, 0.29) is 0 Å². The first kappa shape index (κ1) is 7.58. The lowest BCUT2D eigenvalue weighted by Crippen LogP contribution is -2.27. The van der Waals surface area contributed by atoms with Gasteiger partial charge < -0.3 is 0 Å². The van der Waals surface area contributed by atoms with E-state index in [4.69, 9.17) is 0 Å². The highest BCUT2D eigenvalue weighted by Gasteiger charge is 2.24. The van der Waals surface area contributed by atoms with Crippen LogP contribution >= 0.6 is 0 Å². The fourth-order valence-corrected chi connectivity index (χ4v) is 1.60. The summed E-state index contributed by atoms with van der Waals surface area (Å²) in [5.74, 6) is 1.50. The molecule has 0 aromatic rings. The van der Waals surface area contributed by atoms with Gasteiger partial charge in [0.1, 0.15) is 13.1 Å². The maximum absolute atomic E-state index is 2.44. The molecule has 0 spiro atoms. The molecule has 0 fully saturated rings. The Balaban J connectivity index is 2.66. The lowest BCUT2D eigenvalue weighted by atomic mass is 10.4. The van der Waals surface area contributed by atoms with E-state index >= 15 is 0 Å². The fourth-order valence-electron chi connectivity index (χ4n) is 1.60. The van der Waals surface area contributed by atoms with Gasteiger partial charge in [0.15, 0.2) is 0 Å². The average molecular weight is 141 g/mol. The molecule has 0 atom stereocenters. The second kappa shape index (κ2) is 3.04. The molecule has 0 radical (unpaired) electrons. The zero-order valence-electron chi connectivity index (χ0n) is 7.22. The SMILES string of the molecule is CCC1=[N+](C)CCN1CC. The largest absolute Gasteiger partial charge is 0.264 e. The first-order chi connectivity index (χ1) is 4.79. The number of amidine groups is 1. The van der Waals surface area contributed by atoms with Crippen molar-refractivity contribution in [3.63, 3.8) is 0 Å². The molecule has 1 aliphatic rings. The van der Waals surface area contributed by atoms with Crippen LogP contribution in [0.15, 0.2) is 0 Å². The topological polar surface area (TPSA) is 6.25 Å². The van der Waals surface area contributed by atoms with Gasteiger partial charge in [-0.25, -0.2) is 0 Å². The van der Waals surface area contributed by atoms with Crippen molar-refractivity contribution in [3.05, 3.63) is 0 Å². The summed E-state index contributed by atoms with van der Waals surface area (Å²) < 4.78 is 2.35. The van der Waals surface area contributed by atoms with Crippen LogP contribution in [0, 0.1) is 0 Å². The number of hydrogen-bond donors (Lipinski definition) is 0. The van der Waals surface area contributed by atoms with Crippen molar-refractivity contribution in [1.82, 2.24) is 4.90 Å². The van der Waals surface area contributed by atoms with E-state index in [1.165, 1.54) is 25.3 Å². The molecule has 0 bridgehead atoms. The summed E-state index contributed by atoms with van der Waals surface area (Å²) in [6.45, 7) is 8.02. The Morgan fingerprint density at radius 2 is 2.20 bits per heavy atom. The molecule has 1 aliphatic heterocycles. The highest BCUT2D eigenvalue weighted by atomic mass is 15.3. The van der Waals surface area contributed by atoms with Crippen molar-refractivity contribution in [3.8, 4) is 0 Å². The Bertz CT molecular complexity index is 149. The van der Waals surface area contributed by atoms with Gasteiger partial charge in [-0.1, -0.05) is 6.92 Å². The van der Waals surface area contributed by atoms with Gasteiger partial charge in [0.2, 0.25) is 5.84 Å². The van der Waals surface area contributed by atoms with E-state index in [0.717, 1.165) is 6.54 Å². The Kier molecular flexibility index (Phi) is 2.30. The zero-order chi connectivity index (χ0) is 7.56. The minimum Gasteiger partial charge on any atom is -0.264 e. The maximum Gasteiger partial charge on any atom is 0.246 e. The summed E-state index contributed by atoms with van der Waals surface area (Å²) in [5.41, 5.74) is 0. The third kappa shape index (κ3) is 1.15. The van der Waals surface area contributed by atoms with Gasteiger partial charge in [0.05, 0.1) is 13.6 Å². The summed E-state index contributed by atoms with van der Waals surface area (Å²) in [7, 11) is 2.18. The van der Waals surface area contributed by atoms with Crippen LogP contribution in [-0.2, 0) is 0 Å². The third-order valence-corrected chi connectivity index (χ3v) is 2.21. The van der Waals surface area contributed by atoms with Crippen LogP contribution < -0.4 is 0 Å². The van der Waals surface area contributed by atoms with E-state index in [1.54, 1.807) is 0 Å². The first-order valence-corrected chi connectivity index (χ1v) is 4.11. The summed E-state index contributed by atoms with van der Waals surface area (Å²) in [4.78, 5) is 2.44. The molecule has 0 aliphatic carbocycles. The second-order valence-corrected chi connectivity index (χ2v) is 2.77. The lowest BCUT2D eigenvalue weighted by Gasteiger charge is -2.07. The molecule has 1 rings (SSSR count). The van der Waals surface area contributed by atoms with Crippen LogP contribution in [0.4, 0.5) is 0 Å². The quantitative estimate of drug-likeness (QED) is 0.515. The van der Waals surface area contributed by atoms with Gasteiger partial charge >= 0.3 is 0 Å². The molecule has 0 unspecified atom stereocenters. The van der Waals surface area contributed by atoms with Crippen molar-refractivity contribution in [1.29, 1.82) is 0 Å². The smallest absolute Gasteiger partial charge is 0.246 e. The summed E-state index contributed by atoms with van der Waals surface area (Å²) in [6, 6.07) is 0. The Hall–Kier alpha value is -0.530. The lowest BCUT2D eigenvalue weighted by molar-refractivity contribution is -0.487. The molecule has 1 heterocycles. The average Bonchev–Trinajstić information content (AvgIpc) is 2.30. The molecular weight excluding hydrogens is 124 g/mol. The number of likely N-dealkylation sites (N-methyl/N-ethyl adjacent to an activating group) is 2. The predicted octanol–water partition coefficient (Wildman–Crippen LogP) is 0.773. The second-order valence-electron chi connectivity index (χ2n) is 2.77. The minimum atomic E-state index is 1.16. The van der Waals surface area contributed by atoms with E-state index in [0.29, 0.717) is 0 Å². The van der Waals surface area contributed by atoms with Crippen LogP contribution in [0.5, 0.6) is 0 Å². The maximum atomic E-state index is 2.44. The van der Waals surface area contributed by atoms with E-state index in [1.807, 2.05) is 0 Å². The minimum absolute atomic E-state index is 1.16. The number of hydrogen-bond acceptors (Lipinski definition) is 1. The molecule has 10 heavy (non-hydrogen) atoms. The highest BCUT2D eigenvalue weighted by molar-refractivity contribution is 5.77. The molecule has 0 aromatic carbocycles. The standard InChI is InChI=1S/C8H17N2/c1-4-8-9(3)6-7-10(8)5-2/h4-7H2,1-3H3/q+1. The van der Waals surface area contributed by atoms with Gasteiger partial charge in [-0.05, 0) is 6.92 Å². The Morgan fingerprint density at radius 3 is 2.60 bits per heavy atom. The molecule has 2 nitrogen and oxygen atoms in total. The fraction of sp³-hybridized carbons (Fsp3) is 0.875. The molecule has 0 saturated heterocycles. The third-order valence-electron chi connectivity index (χ3n) is 2.21. The van der Waals surface area contributed by atoms with Crippen LogP contribution in [0.3, 0.4) is 0 Å². The van der Waals surface area contributed by atoms with E-state index in [2.05, 4.69) is 30.4 Å². The van der Waals surface area contributed by atoms with Crippen LogP contribution in [0.25, 0.3) is 0 Å². The molecule has 0 saturated carbocycles. The molecular formula is C8H17N2+. The Morgan fingerprint density at radius 1 is 1.50 bits per heavy atom. The van der Waals surface area contributed by atoms with E-state index < -0.39 is 0 Å². The van der Waals surface area contributed by atoms with Crippen molar-refractivity contribution in [2.24, 2.45) is 0 Å². The van der Waals surface area contributed by atoms with Crippen molar-refractivity contribution in [2.75, 3.05) is 26.7 Å². The predicted molar refractivity (Wildman–Crippen MR) is 43.6 cm³/mol. The normalized spacial score (nSPS) is 18.9. The molecule has 58 valence electrons. The molecule has 0 aromatic heterocycles. The van der Waals surface area contributed by atoms with Gasteiger partial charge in [0, 0.05) is 6.42 Å². The van der Waals surface area contributed by atoms with Gasteiger partial charge in [0.25, 0.3) is 0 Å². The molecule has 0 N–H and O–H groups in total. The van der Waals surface area contributed by atoms with Crippen molar-refractivity contribution >= 4 is 5.84 Å². The Labute approximate surface area is 63.2 Å². The van der Waals surface area contributed by atoms with Crippen LogP contribution in [0.2, 0.25) is 0 Å². The highest BCUT2D eigenvalue weighted by Crippen LogP contribution is 2.01. The monoisotopic (exact) mass is 141 g/mol. The van der Waals surface area contributed by atoms with Gasteiger partial charge in [-0.2, -0.15) is 0 Å². The number of rotatable bonds is 2. The summed E-state index contributed by atoms with van der Waals surface area (Å²) >= 11 is 0. The van der Waals surface area contributed by atoms with Crippen LogP contribution in [-0.4, -0.2) is 42.0 Å². The first-order valence-electron chi connectivity index (χ1n) is 4.11. The van der Waals surface area contributed by atoms with E-state index in [9.17, 15) is 0 Å². The molecule has 0 amide bonds. The van der Waals surface area contributed by atoms with Gasteiger partial charge in [-0.3, -0.25) is 9.48 Å². The van der Waals surface area contributed by atoms with Crippen molar-refractivity contribution in [2.45, 2.75) is 20.3 Å². The van der Waals surface area contributed by atoms with Crippen molar-refractivity contribution < 1.29 is 4.58 Å². The summed E-state index contributed by atoms with van der Waals surface area (Å²) in [6.07, 6.45) is 1.17. The summed E-state index contributed by atoms with van der Waals surface area (Å²) in [5, 5.41) is 0. The van der Waals surface area contributed by atoms with Gasteiger partial charge in [-0.15, -0.1) is 0 Å². The van der Waals surface area contributed by atoms with Crippen LogP contribution in [0.1, 0.15) is 20.3 Å².